The molecule has 0 spiro atoms. The van der Waals surface area contributed by atoms with Crippen LogP contribution in [0.4, 0.5) is 0 Å². The Morgan fingerprint density at radius 2 is 1.88 bits per heavy atom. The Labute approximate surface area is 105 Å². The van der Waals surface area contributed by atoms with Crippen LogP contribution in [-0.2, 0) is 4.74 Å². The van der Waals surface area contributed by atoms with Gasteiger partial charge in [0.25, 0.3) is 0 Å². The van der Waals surface area contributed by atoms with Crippen LogP contribution in [0.1, 0.15) is 12.8 Å². The van der Waals surface area contributed by atoms with Gasteiger partial charge >= 0.3 is 0 Å². The molecule has 0 radical (unpaired) electrons. The Bertz CT molecular complexity index is 309. The molecule has 3 heteroatoms. The van der Waals surface area contributed by atoms with Gasteiger partial charge in [0.1, 0.15) is 12.4 Å². The molecule has 1 saturated carbocycles. The summed E-state index contributed by atoms with van der Waals surface area (Å²) in [6.45, 7) is 2.16. The lowest BCUT2D eigenvalue weighted by Gasteiger charge is -2.12. The van der Waals surface area contributed by atoms with Crippen molar-refractivity contribution in [1.82, 2.24) is 0 Å². The minimum atomic E-state index is 0.437. The van der Waals surface area contributed by atoms with E-state index < -0.39 is 0 Å². The largest absolute Gasteiger partial charge is 0.491 e. The fourth-order valence-corrected chi connectivity index (χ4v) is 2.24. The monoisotopic (exact) mass is 284 g/mol. The number of alkyl halides is 1. The summed E-state index contributed by atoms with van der Waals surface area (Å²) in [5, 5.41) is 1.06. The molecule has 2 rings (SSSR count). The number of halogens is 1. The van der Waals surface area contributed by atoms with Gasteiger partial charge in [0.2, 0.25) is 0 Å². The highest BCUT2D eigenvalue weighted by Gasteiger charge is 2.41. The number of hydrogen-bond donors (Lipinski definition) is 0. The van der Waals surface area contributed by atoms with Crippen LogP contribution in [-0.4, -0.2) is 25.2 Å². The first-order valence-electron chi connectivity index (χ1n) is 5.66. The van der Waals surface area contributed by atoms with Crippen LogP contribution in [0, 0.1) is 5.41 Å². The Balaban J connectivity index is 1.56. The van der Waals surface area contributed by atoms with E-state index in [1.807, 2.05) is 30.3 Å². The van der Waals surface area contributed by atoms with Crippen LogP contribution in [0.15, 0.2) is 30.3 Å². The molecule has 0 heterocycles. The molecule has 0 amide bonds. The average molecular weight is 285 g/mol. The average Bonchev–Trinajstić information content (AvgIpc) is 3.11. The zero-order chi connectivity index (χ0) is 11.3. The van der Waals surface area contributed by atoms with Crippen LogP contribution in [0.5, 0.6) is 5.75 Å². The molecule has 1 aliphatic rings. The molecule has 1 fully saturated rings. The van der Waals surface area contributed by atoms with Crippen molar-refractivity contribution >= 4 is 15.9 Å². The van der Waals surface area contributed by atoms with E-state index in [-0.39, 0.29) is 0 Å². The highest BCUT2D eigenvalue weighted by molar-refractivity contribution is 9.09. The first-order chi connectivity index (χ1) is 7.85. The zero-order valence-corrected chi connectivity index (χ0v) is 10.9. The van der Waals surface area contributed by atoms with Crippen LogP contribution in [0.2, 0.25) is 0 Å². The molecule has 2 nitrogen and oxygen atoms in total. The molecule has 1 aliphatic carbocycles. The Hall–Kier alpha value is -0.540. The standard InChI is InChI=1S/C13H17BrO2/c14-10-13(6-7-13)11-15-8-9-16-12-4-2-1-3-5-12/h1-5H,6-11H2. The fourth-order valence-electron chi connectivity index (χ4n) is 1.52. The van der Waals surface area contributed by atoms with E-state index in [2.05, 4.69) is 15.9 Å². The predicted octanol–water partition coefficient (Wildman–Crippen LogP) is 3.26. The van der Waals surface area contributed by atoms with E-state index >= 15 is 0 Å². The van der Waals surface area contributed by atoms with E-state index in [1.165, 1.54) is 12.8 Å². The van der Waals surface area contributed by atoms with Crippen molar-refractivity contribution in [1.29, 1.82) is 0 Å². The molecule has 0 aliphatic heterocycles. The minimum absolute atomic E-state index is 0.437. The Morgan fingerprint density at radius 1 is 1.12 bits per heavy atom. The molecule has 1 aromatic rings. The topological polar surface area (TPSA) is 18.5 Å². The van der Waals surface area contributed by atoms with Gasteiger partial charge in [0.05, 0.1) is 13.2 Å². The van der Waals surface area contributed by atoms with Gasteiger partial charge in [0.15, 0.2) is 0 Å². The van der Waals surface area contributed by atoms with Crippen molar-refractivity contribution in [2.45, 2.75) is 12.8 Å². The first kappa shape index (κ1) is 11.9. The van der Waals surface area contributed by atoms with Crippen LogP contribution >= 0.6 is 15.9 Å². The number of rotatable bonds is 7. The zero-order valence-electron chi connectivity index (χ0n) is 9.32. The number of ether oxygens (including phenoxy) is 2. The molecule has 0 aromatic heterocycles. The maximum absolute atomic E-state index is 5.62. The summed E-state index contributed by atoms with van der Waals surface area (Å²) in [5.74, 6) is 0.910. The van der Waals surface area contributed by atoms with Gasteiger partial charge in [0, 0.05) is 10.7 Å². The summed E-state index contributed by atoms with van der Waals surface area (Å²) in [4.78, 5) is 0. The lowest BCUT2D eigenvalue weighted by atomic mass is 10.2. The van der Waals surface area contributed by atoms with Gasteiger partial charge in [-0.1, -0.05) is 34.1 Å². The molecular formula is C13H17BrO2. The molecule has 0 saturated heterocycles. The summed E-state index contributed by atoms with van der Waals surface area (Å²) in [6.07, 6.45) is 2.58. The van der Waals surface area contributed by atoms with Crippen LogP contribution in [0.25, 0.3) is 0 Å². The molecule has 0 unspecified atom stereocenters. The summed E-state index contributed by atoms with van der Waals surface area (Å²) >= 11 is 3.53. The third-order valence-corrected chi connectivity index (χ3v) is 4.08. The van der Waals surface area contributed by atoms with E-state index in [0.29, 0.717) is 18.6 Å². The second-order valence-corrected chi connectivity index (χ2v) is 4.91. The summed E-state index contributed by atoms with van der Waals surface area (Å²) in [7, 11) is 0. The summed E-state index contributed by atoms with van der Waals surface area (Å²) in [5.41, 5.74) is 0.437. The van der Waals surface area contributed by atoms with Gasteiger partial charge in [-0.15, -0.1) is 0 Å². The van der Waals surface area contributed by atoms with Crippen molar-refractivity contribution in [3.05, 3.63) is 30.3 Å². The van der Waals surface area contributed by atoms with Crippen LogP contribution in [0.3, 0.4) is 0 Å². The summed E-state index contributed by atoms with van der Waals surface area (Å²) in [6, 6.07) is 9.85. The molecule has 88 valence electrons. The molecule has 0 N–H and O–H groups in total. The molecular weight excluding hydrogens is 268 g/mol. The highest BCUT2D eigenvalue weighted by atomic mass is 79.9. The van der Waals surface area contributed by atoms with E-state index in [9.17, 15) is 0 Å². The van der Waals surface area contributed by atoms with Crippen molar-refractivity contribution in [3.8, 4) is 5.75 Å². The number of benzene rings is 1. The van der Waals surface area contributed by atoms with Crippen molar-refractivity contribution in [2.24, 2.45) is 5.41 Å². The van der Waals surface area contributed by atoms with Crippen molar-refractivity contribution in [2.75, 3.05) is 25.2 Å². The maximum Gasteiger partial charge on any atom is 0.119 e. The van der Waals surface area contributed by atoms with Gasteiger partial charge in [-0.25, -0.2) is 0 Å². The molecule has 0 atom stereocenters. The molecule has 1 aromatic carbocycles. The lowest BCUT2D eigenvalue weighted by molar-refractivity contribution is 0.0730. The number of para-hydroxylation sites is 1. The molecule has 0 bridgehead atoms. The van der Waals surface area contributed by atoms with Crippen molar-refractivity contribution in [3.63, 3.8) is 0 Å². The minimum Gasteiger partial charge on any atom is -0.491 e. The smallest absolute Gasteiger partial charge is 0.119 e. The van der Waals surface area contributed by atoms with E-state index in [4.69, 9.17) is 9.47 Å². The van der Waals surface area contributed by atoms with Gasteiger partial charge in [-0.3, -0.25) is 0 Å². The SMILES string of the molecule is BrCC1(COCCOc2ccccc2)CC1. The van der Waals surface area contributed by atoms with Crippen LogP contribution < -0.4 is 4.74 Å². The fraction of sp³-hybridized carbons (Fsp3) is 0.538. The first-order valence-corrected chi connectivity index (χ1v) is 6.78. The second-order valence-electron chi connectivity index (χ2n) is 4.35. The Kier molecular flexibility index (Phi) is 4.24. The van der Waals surface area contributed by atoms with E-state index in [0.717, 1.165) is 17.7 Å². The number of hydrogen-bond acceptors (Lipinski definition) is 2. The second kappa shape index (κ2) is 5.69. The van der Waals surface area contributed by atoms with Crippen molar-refractivity contribution < 1.29 is 9.47 Å². The normalized spacial score (nSPS) is 17.1. The predicted molar refractivity (Wildman–Crippen MR) is 68.2 cm³/mol. The van der Waals surface area contributed by atoms with Gasteiger partial charge in [-0.05, 0) is 25.0 Å². The lowest BCUT2D eigenvalue weighted by Crippen LogP contribution is -2.15. The quantitative estimate of drug-likeness (QED) is 0.565. The third-order valence-electron chi connectivity index (χ3n) is 2.89. The summed E-state index contributed by atoms with van der Waals surface area (Å²) < 4.78 is 11.2. The highest BCUT2D eigenvalue weighted by Crippen LogP contribution is 2.47. The van der Waals surface area contributed by atoms with E-state index in [1.54, 1.807) is 0 Å². The van der Waals surface area contributed by atoms with Gasteiger partial charge < -0.3 is 9.47 Å². The third kappa shape index (κ3) is 3.49. The Morgan fingerprint density at radius 3 is 2.50 bits per heavy atom. The molecule has 16 heavy (non-hydrogen) atoms. The van der Waals surface area contributed by atoms with Gasteiger partial charge in [-0.2, -0.15) is 0 Å². The maximum atomic E-state index is 5.62.